The van der Waals surface area contributed by atoms with Gasteiger partial charge in [-0.15, -0.1) is 0 Å². The summed E-state index contributed by atoms with van der Waals surface area (Å²) in [5.41, 5.74) is 1.81. The van der Waals surface area contributed by atoms with Crippen LogP contribution in [-0.2, 0) is 6.54 Å². The lowest BCUT2D eigenvalue weighted by Crippen LogP contribution is -2.19. The average Bonchev–Trinajstić information content (AvgIpc) is 3.01. The minimum Gasteiger partial charge on any atom is -0.484 e. The highest BCUT2D eigenvalue weighted by Crippen LogP contribution is 2.24. The maximum Gasteiger partial charge on any atom is 0.422 e. The van der Waals surface area contributed by atoms with Crippen molar-refractivity contribution in [1.29, 1.82) is 0 Å². The van der Waals surface area contributed by atoms with Gasteiger partial charge in [-0.05, 0) is 42.8 Å². The van der Waals surface area contributed by atoms with E-state index in [4.69, 9.17) is 23.2 Å². The second kappa shape index (κ2) is 8.97. The first-order valence-corrected chi connectivity index (χ1v) is 9.46. The molecular weight excluding hydrogens is 442 g/mol. The van der Waals surface area contributed by atoms with Crippen LogP contribution < -0.4 is 10.1 Å². The topological polar surface area (TPSA) is 56.1 Å². The van der Waals surface area contributed by atoms with Gasteiger partial charge in [-0.3, -0.25) is 9.48 Å². The Bertz CT molecular complexity index is 1070. The number of aryl methyl sites for hydroxylation is 1. The molecule has 5 nitrogen and oxygen atoms in total. The molecule has 3 rings (SSSR count). The Morgan fingerprint density at radius 3 is 2.60 bits per heavy atom. The third-order valence-electron chi connectivity index (χ3n) is 4.04. The van der Waals surface area contributed by atoms with E-state index in [1.165, 1.54) is 24.3 Å². The Labute approximate surface area is 180 Å². The lowest BCUT2D eigenvalue weighted by Gasteiger charge is -2.10. The summed E-state index contributed by atoms with van der Waals surface area (Å²) in [6.45, 7) is 0.807. The van der Waals surface area contributed by atoms with Gasteiger partial charge < -0.3 is 10.1 Å². The first-order valence-electron chi connectivity index (χ1n) is 8.70. The van der Waals surface area contributed by atoms with Crippen LogP contribution in [0.25, 0.3) is 0 Å². The second-order valence-corrected chi connectivity index (χ2v) is 7.28. The van der Waals surface area contributed by atoms with Crippen molar-refractivity contribution in [1.82, 2.24) is 9.78 Å². The Hall–Kier alpha value is -2.71. The standard InChI is InChI=1S/C20H16Cl2F3N3O2/c1-12-7-18(27-28(12)10-13-5-6-16(21)17(22)8-13)26-19(29)14-3-2-4-15(9-14)30-11-20(23,24)25/h2-9H,10-11H2,1H3,(H,26,27,29). The number of hydrogen-bond donors (Lipinski definition) is 1. The summed E-state index contributed by atoms with van der Waals surface area (Å²) in [6, 6.07) is 12.4. The number of carbonyl (C=O) groups is 1. The molecule has 0 saturated carbocycles. The van der Waals surface area contributed by atoms with Gasteiger partial charge in [0.25, 0.3) is 5.91 Å². The molecule has 10 heteroatoms. The fourth-order valence-corrected chi connectivity index (χ4v) is 2.94. The molecule has 0 unspecified atom stereocenters. The summed E-state index contributed by atoms with van der Waals surface area (Å²) in [7, 11) is 0. The maximum atomic E-state index is 12.5. The highest BCUT2D eigenvalue weighted by Gasteiger charge is 2.28. The first-order chi connectivity index (χ1) is 14.1. The molecule has 1 heterocycles. The molecule has 0 radical (unpaired) electrons. The van der Waals surface area contributed by atoms with Gasteiger partial charge in [-0.1, -0.05) is 35.3 Å². The number of aromatic nitrogens is 2. The number of benzene rings is 2. The first kappa shape index (κ1) is 22.0. The summed E-state index contributed by atoms with van der Waals surface area (Å²) >= 11 is 12.0. The van der Waals surface area contributed by atoms with Crippen molar-refractivity contribution in [2.24, 2.45) is 0 Å². The van der Waals surface area contributed by atoms with Crippen LogP contribution in [0, 0.1) is 6.92 Å². The van der Waals surface area contributed by atoms with Crippen LogP contribution in [0.1, 0.15) is 21.6 Å². The van der Waals surface area contributed by atoms with Gasteiger partial charge in [0.15, 0.2) is 12.4 Å². The molecular formula is C20H16Cl2F3N3O2. The Morgan fingerprint density at radius 1 is 1.13 bits per heavy atom. The minimum atomic E-state index is -4.46. The molecule has 1 amide bonds. The average molecular weight is 458 g/mol. The second-order valence-electron chi connectivity index (χ2n) is 6.46. The molecule has 0 spiro atoms. The van der Waals surface area contributed by atoms with Crippen molar-refractivity contribution < 1.29 is 22.7 Å². The number of alkyl halides is 3. The SMILES string of the molecule is Cc1cc(NC(=O)c2cccc(OCC(F)(F)F)c2)nn1Cc1ccc(Cl)c(Cl)c1. The molecule has 0 bridgehead atoms. The zero-order valence-electron chi connectivity index (χ0n) is 15.6. The highest BCUT2D eigenvalue weighted by atomic mass is 35.5. The van der Waals surface area contributed by atoms with E-state index in [-0.39, 0.29) is 11.3 Å². The van der Waals surface area contributed by atoms with Crippen molar-refractivity contribution in [3.05, 3.63) is 75.4 Å². The summed E-state index contributed by atoms with van der Waals surface area (Å²) < 4.78 is 43.2. The Kier molecular flexibility index (Phi) is 6.58. The molecule has 2 aromatic carbocycles. The predicted molar refractivity (Wildman–Crippen MR) is 108 cm³/mol. The van der Waals surface area contributed by atoms with Crippen LogP contribution in [0.2, 0.25) is 10.0 Å². The Balaban J connectivity index is 1.69. The summed E-state index contributed by atoms with van der Waals surface area (Å²) in [6.07, 6.45) is -4.46. The Morgan fingerprint density at radius 2 is 1.90 bits per heavy atom. The lowest BCUT2D eigenvalue weighted by molar-refractivity contribution is -0.153. The maximum absolute atomic E-state index is 12.5. The molecule has 158 valence electrons. The van der Waals surface area contributed by atoms with E-state index in [1.807, 2.05) is 13.0 Å². The third kappa shape index (κ3) is 5.90. The van der Waals surface area contributed by atoms with Gasteiger partial charge in [-0.2, -0.15) is 18.3 Å². The van der Waals surface area contributed by atoms with Crippen LogP contribution in [0.15, 0.2) is 48.5 Å². The van der Waals surface area contributed by atoms with E-state index in [9.17, 15) is 18.0 Å². The molecule has 0 aliphatic rings. The number of rotatable bonds is 6. The van der Waals surface area contributed by atoms with E-state index in [2.05, 4.69) is 15.2 Å². The van der Waals surface area contributed by atoms with Crippen molar-refractivity contribution in [3.63, 3.8) is 0 Å². The fraction of sp³-hybridized carbons (Fsp3) is 0.200. The normalized spacial score (nSPS) is 11.4. The van der Waals surface area contributed by atoms with Gasteiger partial charge in [0.05, 0.1) is 16.6 Å². The molecule has 0 aliphatic heterocycles. The van der Waals surface area contributed by atoms with E-state index in [1.54, 1.807) is 22.9 Å². The molecule has 1 N–H and O–H groups in total. The largest absolute Gasteiger partial charge is 0.484 e. The monoisotopic (exact) mass is 457 g/mol. The third-order valence-corrected chi connectivity index (χ3v) is 4.78. The van der Waals surface area contributed by atoms with Gasteiger partial charge in [0, 0.05) is 17.3 Å². The predicted octanol–water partition coefficient (Wildman–Crippen LogP) is 5.74. The molecule has 1 aromatic heterocycles. The lowest BCUT2D eigenvalue weighted by atomic mass is 10.2. The summed E-state index contributed by atoms with van der Waals surface area (Å²) in [5, 5.41) is 7.85. The minimum absolute atomic E-state index is 0.0544. The van der Waals surface area contributed by atoms with Crippen molar-refractivity contribution in [3.8, 4) is 5.75 Å². The number of anilines is 1. The molecule has 0 saturated heterocycles. The smallest absolute Gasteiger partial charge is 0.422 e. The molecule has 0 aliphatic carbocycles. The van der Waals surface area contributed by atoms with Gasteiger partial charge >= 0.3 is 6.18 Å². The number of nitrogens with one attached hydrogen (secondary N) is 1. The number of amides is 1. The van der Waals surface area contributed by atoms with E-state index >= 15 is 0 Å². The van der Waals surface area contributed by atoms with Gasteiger partial charge in [-0.25, -0.2) is 0 Å². The fourth-order valence-electron chi connectivity index (χ4n) is 2.62. The molecule has 30 heavy (non-hydrogen) atoms. The van der Waals surface area contributed by atoms with E-state index < -0.39 is 18.7 Å². The number of nitrogens with zero attached hydrogens (tertiary/aromatic N) is 2. The number of ether oxygens (including phenoxy) is 1. The van der Waals surface area contributed by atoms with Crippen LogP contribution >= 0.6 is 23.2 Å². The van der Waals surface area contributed by atoms with Crippen molar-refractivity contribution in [2.45, 2.75) is 19.6 Å². The zero-order valence-corrected chi connectivity index (χ0v) is 17.1. The van der Waals surface area contributed by atoms with Gasteiger partial charge in [0.2, 0.25) is 0 Å². The van der Waals surface area contributed by atoms with Crippen LogP contribution in [0.3, 0.4) is 0 Å². The number of hydrogen-bond acceptors (Lipinski definition) is 3. The van der Waals surface area contributed by atoms with Crippen LogP contribution in [0.5, 0.6) is 5.75 Å². The molecule has 0 fully saturated rings. The summed E-state index contributed by atoms with van der Waals surface area (Å²) in [5.74, 6) is -0.271. The van der Waals surface area contributed by atoms with Gasteiger partial charge in [0.1, 0.15) is 5.75 Å². The van der Waals surface area contributed by atoms with E-state index in [0.29, 0.717) is 22.4 Å². The highest BCUT2D eigenvalue weighted by molar-refractivity contribution is 6.42. The van der Waals surface area contributed by atoms with Crippen molar-refractivity contribution >= 4 is 34.9 Å². The van der Waals surface area contributed by atoms with Crippen LogP contribution in [0.4, 0.5) is 19.0 Å². The van der Waals surface area contributed by atoms with Crippen molar-refractivity contribution in [2.75, 3.05) is 11.9 Å². The number of halogens is 5. The quantitative estimate of drug-likeness (QED) is 0.513. The van der Waals surface area contributed by atoms with Crippen LogP contribution in [-0.4, -0.2) is 28.5 Å². The zero-order chi connectivity index (χ0) is 21.9. The summed E-state index contributed by atoms with van der Waals surface area (Å²) in [4.78, 5) is 12.5. The molecule has 3 aromatic rings. The van der Waals surface area contributed by atoms with E-state index in [0.717, 1.165) is 11.3 Å². The number of carbonyl (C=O) groups excluding carboxylic acids is 1. The molecule has 0 atom stereocenters.